The molecule has 2 fully saturated rings. The highest BCUT2D eigenvalue weighted by Crippen LogP contribution is 2.42. The highest BCUT2D eigenvalue weighted by atomic mass is 32.1. The van der Waals surface area contributed by atoms with Gasteiger partial charge in [0.05, 0.1) is 23.0 Å². The fourth-order valence-corrected chi connectivity index (χ4v) is 4.19. The van der Waals surface area contributed by atoms with Crippen molar-refractivity contribution in [2.75, 3.05) is 24.5 Å². The van der Waals surface area contributed by atoms with Gasteiger partial charge in [-0.3, -0.25) is 9.59 Å². The van der Waals surface area contributed by atoms with E-state index in [1.165, 1.54) is 17.7 Å². The van der Waals surface area contributed by atoms with E-state index >= 15 is 0 Å². The molecule has 7 heteroatoms. The van der Waals surface area contributed by atoms with Crippen LogP contribution in [-0.4, -0.2) is 46.3 Å². The van der Waals surface area contributed by atoms with E-state index in [0.29, 0.717) is 26.1 Å². The maximum Gasteiger partial charge on any atom is 0.263 e. The molecule has 2 amide bonds. The monoisotopic (exact) mass is 328 g/mol. The van der Waals surface area contributed by atoms with Crippen LogP contribution < -0.4 is 4.90 Å². The lowest BCUT2D eigenvalue weighted by Gasteiger charge is -2.23. The van der Waals surface area contributed by atoms with Crippen LogP contribution in [0.15, 0.2) is 36.2 Å². The summed E-state index contributed by atoms with van der Waals surface area (Å²) in [6, 6.07) is 3.74. The van der Waals surface area contributed by atoms with Crippen molar-refractivity contribution < 1.29 is 9.59 Å². The van der Waals surface area contributed by atoms with Crippen molar-refractivity contribution in [2.24, 2.45) is 5.41 Å². The predicted molar refractivity (Wildman–Crippen MR) is 86.3 cm³/mol. The van der Waals surface area contributed by atoms with Gasteiger partial charge in [0.25, 0.3) is 5.91 Å². The number of amides is 2. The second-order valence-corrected chi connectivity index (χ2v) is 7.16. The molecule has 0 bridgehead atoms. The smallest absolute Gasteiger partial charge is 0.263 e. The zero-order valence-corrected chi connectivity index (χ0v) is 13.3. The van der Waals surface area contributed by atoms with Gasteiger partial charge in [-0.15, -0.1) is 11.3 Å². The molecule has 1 atom stereocenters. The third kappa shape index (κ3) is 2.50. The molecule has 0 radical (unpaired) electrons. The molecule has 1 spiro atoms. The number of hydrogen-bond donors (Lipinski definition) is 0. The molecule has 4 rings (SSSR count). The predicted octanol–water partition coefficient (Wildman–Crippen LogP) is 1.81. The van der Waals surface area contributed by atoms with E-state index < -0.39 is 0 Å². The molecule has 2 aromatic rings. The Hall–Kier alpha value is -2.28. The Labute approximate surface area is 137 Å². The summed E-state index contributed by atoms with van der Waals surface area (Å²) in [6.07, 6.45) is 6.12. The number of carbonyl (C=O) groups excluding carboxylic acids is 2. The third-order valence-electron chi connectivity index (χ3n) is 4.64. The van der Waals surface area contributed by atoms with E-state index in [-0.39, 0.29) is 17.2 Å². The van der Waals surface area contributed by atoms with Crippen molar-refractivity contribution in [2.45, 2.75) is 12.8 Å². The van der Waals surface area contributed by atoms with Crippen LogP contribution in [0.3, 0.4) is 0 Å². The minimum Gasteiger partial charge on any atom is -0.337 e. The minimum atomic E-state index is -0.139. The van der Waals surface area contributed by atoms with Crippen molar-refractivity contribution in [1.82, 2.24) is 14.9 Å². The molecule has 0 aliphatic carbocycles. The van der Waals surface area contributed by atoms with E-state index in [0.717, 1.165) is 17.0 Å². The van der Waals surface area contributed by atoms with Crippen LogP contribution in [0.4, 0.5) is 5.69 Å². The van der Waals surface area contributed by atoms with Crippen LogP contribution in [0.1, 0.15) is 22.5 Å². The number of carbonyl (C=O) groups is 2. The minimum absolute atomic E-state index is 0.0748. The lowest BCUT2D eigenvalue weighted by molar-refractivity contribution is -0.117. The van der Waals surface area contributed by atoms with Crippen molar-refractivity contribution in [3.63, 3.8) is 0 Å². The second kappa shape index (κ2) is 5.42. The van der Waals surface area contributed by atoms with Crippen molar-refractivity contribution in [1.29, 1.82) is 0 Å². The summed E-state index contributed by atoms with van der Waals surface area (Å²) >= 11 is 1.46. The number of rotatable bonds is 2. The molecule has 6 nitrogen and oxygen atoms in total. The zero-order chi connectivity index (χ0) is 15.9. The van der Waals surface area contributed by atoms with E-state index in [4.69, 9.17) is 0 Å². The first kappa shape index (κ1) is 14.3. The van der Waals surface area contributed by atoms with Gasteiger partial charge in [-0.2, -0.15) is 0 Å². The zero-order valence-electron chi connectivity index (χ0n) is 12.5. The van der Waals surface area contributed by atoms with Gasteiger partial charge >= 0.3 is 0 Å². The summed E-state index contributed by atoms with van der Waals surface area (Å²) < 4.78 is 0. The molecule has 2 aromatic heterocycles. The number of likely N-dealkylation sites (tertiary alicyclic amines) is 1. The molecular weight excluding hydrogens is 312 g/mol. The number of hydrogen-bond acceptors (Lipinski definition) is 5. The third-order valence-corrected chi connectivity index (χ3v) is 5.49. The van der Waals surface area contributed by atoms with E-state index in [1.54, 1.807) is 17.3 Å². The molecule has 0 N–H and O–H groups in total. The lowest BCUT2D eigenvalue weighted by atomic mass is 9.86. The largest absolute Gasteiger partial charge is 0.337 e. The summed E-state index contributed by atoms with van der Waals surface area (Å²) in [7, 11) is 0. The number of nitrogens with zero attached hydrogens (tertiary/aromatic N) is 4. The second-order valence-electron chi connectivity index (χ2n) is 6.21. The van der Waals surface area contributed by atoms with Gasteiger partial charge in [0.15, 0.2) is 0 Å². The Kier molecular flexibility index (Phi) is 3.37. The molecule has 2 saturated heterocycles. The van der Waals surface area contributed by atoms with Crippen molar-refractivity contribution >= 4 is 28.8 Å². The maximum atomic E-state index is 12.5. The van der Waals surface area contributed by atoms with E-state index in [1.807, 2.05) is 22.4 Å². The fourth-order valence-electron chi connectivity index (χ4n) is 3.50. The molecule has 118 valence electrons. The van der Waals surface area contributed by atoms with Gasteiger partial charge in [0, 0.05) is 31.5 Å². The van der Waals surface area contributed by atoms with Gasteiger partial charge in [0.1, 0.15) is 6.33 Å². The SMILES string of the molecule is O=C(c1cccs1)N1CCC2(CC(=O)N(c3cncnc3)C2)C1. The number of thiophene rings is 1. The average Bonchev–Trinajstić information content (AvgIpc) is 3.29. The van der Waals surface area contributed by atoms with Crippen molar-refractivity contribution in [3.05, 3.63) is 41.1 Å². The van der Waals surface area contributed by atoms with Gasteiger partial charge in [-0.1, -0.05) is 6.07 Å². The van der Waals surface area contributed by atoms with Crippen LogP contribution >= 0.6 is 11.3 Å². The molecule has 0 saturated carbocycles. The summed E-state index contributed by atoms with van der Waals surface area (Å²) in [5, 5.41) is 1.91. The Bertz CT molecular complexity index is 734. The standard InChI is InChI=1S/C16H16N4O2S/c21-14-6-16(10-20(14)12-7-17-11-18-8-12)3-4-19(9-16)15(22)13-2-1-5-23-13/h1-2,5,7-8,11H,3-4,6,9-10H2. The van der Waals surface area contributed by atoms with Gasteiger partial charge in [-0.05, 0) is 17.9 Å². The molecule has 4 heterocycles. The molecule has 2 aliphatic rings. The van der Waals surface area contributed by atoms with Crippen LogP contribution in [0.25, 0.3) is 0 Å². The average molecular weight is 328 g/mol. The molecular formula is C16H16N4O2S. The first-order chi connectivity index (χ1) is 11.2. The highest BCUT2D eigenvalue weighted by molar-refractivity contribution is 7.12. The quantitative estimate of drug-likeness (QED) is 0.843. The first-order valence-corrected chi connectivity index (χ1v) is 8.43. The van der Waals surface area contributed by atoms with Crippen LogP contribution in [-0.2, 0) is 4.79 Å². The molecule has 23 heavy (non-hydrogen) atoms. The molecule has 1 unspecified atom stereocenters. The van der Waals surface area contributed by atoms with Crippen LogP contribution in [0, 0.1) is 5.41 Å². The number of anilines is 1. The summed E-state index contributed by atoms with van der Waals surface area (Å²) in [5.74, 6) is 0.163. The topological polar surface area (TPSA) is 66.4 Å². The van der Waals surface area contributed by atoms with Gasteiger partial charge in [-0.25, -0.2) is 9.97 Å². The Morgan fingerprint density at radius 3 is 2.83 bits per heavy atom. The number of aromatic nitrogens is 2. The lowest BCUT2D eigenvalue weighted by Crippen LogP contribution is -2.34. The van der Waals surface area contributed by atoms with Gasteiger partial charge in [0.2, 0.25) is 5.91 Å². The van der Waals surface area contributed by atoms with Crippen molar-refractivity contribution in [3.8, 4) is 0 Å². The van der Waals surface area contributed by atoms with E-state index in [2.05, 4.69) is 9.97 Å². The first-order valence-electron chi connectivity index (χ1n) is 7.55. The maximum absolute atomic E-state index is 12.5. The Morgan fingerprint density at radius 1 is 1.26 bits per heavy atom. The Morgan fingerprint density at radius 2 is 2.09 bits per heavy atom. The highest BCUT2D eigenvalue weighted by Gasteiger charge is 2.49. The Balaban J connectivity index is 1.51. The van der Waals surface area contributed by atoms with E-state index in [9.17, 15) is 9.59 Å². The fraction of sp³-hybridized carbons (Fsp3) is 0.375. The normalized spacial score (nSPS) is 23.9. The molecule has 0 aromatic carbocycles. The van der Waals surface area contributed by atoms with Gasteiger partial charge < -0.3 is 9.80 Å². The van der Waals surface area contributed by atoms with Crippen LogP contribution in [0.5, 0.6) is 0 Å². The van der Waals surface area contributed by atoms with Crippen LogP contribution in [0.2, 0.25) is 0 Å². The summed E-state index contributed by atoms with van der Waals surface area (Å²) in [4.78, 5) is 37.3. The summed E-state index contributed by atoms with van der Waals surface area (Å²) in [5.41, 5.74) is 0.595. The molecule has 2 aliphatic heterocycles. The summed E-state index contributed by atoms with van der Waals surface area (Å²) in [6.45, 7) is 1.98.